The van der Waals surface area contributed by atoms with Gasteiger partial charge in [0.15, 0.2) is 5.65 Å². The number of carbonyl (C=O) groups is 1. The second-order valence-corrected chi connectivity index (χ2v) is 4.79. The number of fused-ring (bicyclic) bond motifs is 1. The van der Waals surface area contributed by atoms with Gasteiger partial charge in [0.1, 0.15) is 5.03 Å². The maximum Gasteiger partial charge on any atom is 0.217 e. The van der Waals surface area contributed by atoms with Crippen LogP contribution in [0.1, 0.15) is 19.3 Å². The Hall–Kier alpha value is -1.56. The van der Waals surface area contributed by atoms with Crippen LogP contribution in [0.5, 0.6) is 0 Å². The first kappa shape index (κ1) is 11.9. The van der Waals surface area contributed by atoms with Crippen LogP contribution in [-0.4, -0.2) is 26.3 Å². The smallest absolute Gasteiger partial charge is 0.217 e. The second kappa shape index (κ2) is 5.67. The molecular weight excluding hydrogens is 236 g/mol. The fraction of sp³-hybridized carbons (Fsp3) is 0.364. The maximum absolute atomic E-state index is 10.5. The highest BCUT2D eigenvalue weighted by atomic mass is 32.2. The number of thioether (sulfide) groups is 1. The number of nitrogens with two attached hydrogens (primary N) is 1. The summed E-state index contributed by atoms with van der Waals surface area (Å²) in [5.41, 5.74) is 5.92. The largest absolute Gasteiger partial charge is 0.370 e. The van der Waals surface area contributed by atoms with Gasteiger partial charge in [0.25, 0.3) is 0 Å². The molecule has 0 fully saturated rings. The van der Waals surface area contributed by atoms with Gasteiger partial charge in [-0.25, -0.2) is 9.50 Å². The van der Waals surface area contributed by atoms with E-state index in [0.717, 1.165) is 29.3 Å². The van der Waals surface area contributed by atoms with Crippen molar-refractivity contribution in [3.63, 3.8) is 0 Å². The molecule has 5 nitrogen and oxygen atoms in total. The van der Waals surface area contributed by atoms with Crippen LogP contribution in [0.3, 0.4) is 0 Å². The van der Waals surface area contributed by atoms with Gasteiger partial charge in [0.05, 0.1) is 0 Å². The minimum atomic E-state index is -0.229. The predicted octanol–water partition coefficient (Wildman–Crippen LogP) is 1.48. The molecule has 0 aliphatic carbocycles. The molecular formula is C11H14N4OS. The van der Waals surface area contributed by atoms with Gasteiger partial charge in [0.2, 0.25) is 5.91 Å². The zero-order valence-electron chi connectivity index (χ0n) is 9.37. The predicted molar refractivity (Wildman–Crippen MR) is 66.8 cm³/mol. The molecule has 0 aromatic carbocycles. The lowest BCUT2D eigenvalue weighted by Gasteiger charge is -2.01. The Morgan fingerprint density at radius 1 is 1.41 bits per heavy atom. The number of imidazole rings is 1. The molecule has 0 saturated heterocycles. The quantitative estimate of drug-likeness (QED) is 0.622. The number of rotatable bonds is 6. The first-order chi connectivity index (χ1) is 8.25. The van der Waals surface area contributed by atoms with Crippen LogP contribution in [0.25, 0.3) is 5.65 Å². The van der Waals surface area contributed by atoms with E-state index in [1.807, 2.05) is 18.3 Å². The van der Waals surface area contributed by atoms with Crippen LogP contribution in [0.15, 0.2) is 29.6 Å². The molecule has 6 heteroatoms. The molecule has 0 atom stereocenters. The summed E-state index contributed by atoms with van der Waals surface area (Å²) >= 11 is 1.68. The van der Waals surface area contributed by atoms with E-state index in [4.69, 9.17) is 5.73 Å². The lowest BCUT2D eigenvalue weighted by Crippen LogP contribution is -2.09. The van der Waals surface area contributed by atoms with Gasteiger partial charge in [-0.2, -0.15) is 5.10 Å². The lowest BCUT2D eigenvalue weighted by molar-refractivity contribution is -0.118. The molecule has 17 heavy (non-hydrogen) atoms. The first-order valence-corrected chi connectivity index (χ1v) is 6.46. The third-order valence-corrected chi connectivity index (χ3v) is 3.30. The molecule has 2 heterocycles. The van der Waals surface area contributed by atoms with Gasteiger partial charge < -0.3 is 5.73 Å². The molecule has 2 aromatic heterocycles. The van der Waals surface area contributed by atoms with Crippen molar-refractivity contribution in [2.45, 2.75) is 24.3 Å². The summed E-state index contributed by atoms with van der Waals surface area (Å²) in [6, 6.07) is 3.90. The van der Waals surface area contributed by atoms with Gasteiger partial charge >= 0.3 is 0 Å². The molecule has 2 N–H and O–H groups in total. The summed E-state index contributed by atoms with van der Waals surface area (Å²) in [6.45, 7) is 0. The number of amides is 1. The van der Waals surface area contributed by atoms with Gasteiger partial charge in [-0.3, -0.25) is 4.79 Å². The van der Waals surface area contributed by atoms with Gasteiger partial charge in [0, 0.05) is 18.8 Å². The summed E-state index contributed by atoms with van der Waals surface area (Å²) in [7, 11) is 0. The molecule has 0 unspecified atom stereocenters. The number of hydrogen-bond donors (Lipinski definition) is 1. The molecule has 2 rings (SSSR count). The van der Waals surface area contributed by atoms with Crippen LogP contribution in [0.4, 0.5) is 0 Å². The number of primary amides is 1. The van der Waals surface area contributed by atoms with E-state index in [1.54, 1.807) is 22.5 Å². The summed E-state index contributed by atoms with van der Waals surface area (Å²) < 4.78 is 1.76. The van der Waals surface area contributed by atoms with E-state index in [-0.39, 0.29) is 5.91 Å². The molecule has 0 bridgehead atoms. The molecule has 2 aromatic rings. The van der Waals surface area contributed by atoms with E-state index in [0.29, 0.717) is 6.42 Å². The number of hydrogen-bond acceptors (Lipinski definition) is 4. The van der Waals surface area contributed by atoms with E-state index in [2.05, 4.69) is 10.1 Å². The zero-order valence-corrected chi connectivity index (χ0v) is 10.2. The van der Waals surface area contributed by atoms with Gasteiger partial charge in [-0.1, -0.05) is 0 Å². The Bertz CT molecular complexity index is 511. The zero-order chi connectivity index (χ0) is 12.1. The fourth-order valence-electron chi connectivity index (χ4n) is 1.45. The average molecular weight is 250 g/mol. The highest BCUT2D eigenvalue weighted by molar-refractivity contribution is 7.99. The monoisotopic (exact) mass is 250 g/mol. The van der Waals surface area contributed by atoms with E-state index in [1.165, 1.54) is 0 Å². The number of unbranched alkanes of at least 4 members (excludes halogenated alkanes) is 1. The Kier molecular flexibility index (Phi) is 3.98. The minimum Gasteiger partial charge on any atom is -0.370 e. The van der Waals surface area contributed by atoms with Crippen molar-refractivity contribution in [1.29, 1.82) is 0 Å². The number of nitrogens with zero attached hydrogens (tertiary/aromatic N) is 3. The SMILES string of the molecule is NC(=O)CCCCSc1ccc2nccn2n1. The van der Waals surface area contributed by atoms with Crippen molar-refractivity contribution in [3.05, 3.63) is 24.5 Å². The van der Waals surface area contributed by atoms with Crippen LogP contribution >= 0.6 is 11.8 Å². The Morgan fingerprint density at radius 3 is 3.12 bits per heavy atom. The summed E-state index contributed by atoms with van der Waals surface area (Å²) in [5, 5.41) is 5.36. The van der Waals surface area contributed by atoms with Crippen molar-refractivity contribution in [3.8, 4) is 0 Å². The first-order valence-electron chi connectivity index (χ1n) is 5.47. The molecule has 0 radical (unpaired) electrons. The Balaban J connectivity index is 1.80. The summed E-state index contributed by atoms with van der Waals surface area (Å²) in [5.74, 6) is 0.716. The topological polar surface area (TPSA) is 73.3 Å². The summed E-state index contributed by atoms with van der Waals surface area (Å²) in [4.78, 5) is 14.7. The number of aromatic nitrogens is 3. The van der Waals surface area contributed by atoms with E-state index in [9.17, 15) is 4.79 Å². The standard InChI is InChI=1S/C11H14N4OS/c12-9(16)3-1-2-8-17-11-5-4-10-13-6-7-15(10)14-11/h4-7H,1-3,8H2,(H2,12,16). The van der Waals surface area contributed by atoms with Crippen molar-refractivity contribution in [2.75, 3.05) is 5.75 Å². The third-order valence-electron chi connectivity index (χ3n) is 2.30. The summed E-state index contributed by atoms with van der Waals surface area (Å²) in [6.07, 6.45) is 5.83. The van der Waals surface area contributed by atoms with E-state index >= 15 is 0 Å². The van der Waals surface area contributed by atoms with Crippen LogP contribution in [0.2, 0.25) is 0 Å². The van der Waals surface area contributed by atoms with Crippen LogP contribution in [-0.2, 0) is 4.79 Å². The molecule has 0 saturated carbocycles. The second-order valence-electron chi connectivity index (χ2n) is 3.67. The van der Waals surface area contributed by atoms with Crippen molar-refractivity contribution in [2.24, 2.45) is 5.73 Å². The highest BCUT2D eigenvalue weighted by Crippen LogP contribution is 2.17. The van der Waals surface area contributed by atoms with Crippen molar-refractivity contribution in [1.82, 2.24) is 14.6 Å². The maximum atomic E-state index is 10.5. The highest BCUT2D eigenvalue weighted by Gasteiger charge is 2.00. The molecule has 0 aliphatic rings. The third kappa shape index (κ3) is 3.45. The van der Waals surface area contributed by atoms with Crippen molar-refractivity contribution < 1.29 is 4.79 Å². The molecule has 0 spiro atoms. The Labute approximate surface area is 103 Å². The molecule has 1 amide bonds. The Morgan fingerprint density at radius 2 is 2.29 bits per heavy atom. The van der Waals surface area contributed by atoms with Crippen LogP contribution in [0, 0.1) is 0 Å². The van der Waals surface area contributed by atoms with Crippen molar-refractivity contribution >= 4 is 23.3 Å². The normalized spacial score (nSPS) is 10.8. The van der Waals surface area contributed by atoms with Crippen LogP contribution < -0.4 is 5.73 Å². The number of carbonyl (C=O) groups excluding carboxylic acids is 1. The minimum absolute atomic E-state index is 0.229. The lowest BCUT2D eigenvalue weighted by atomic mass is 10.2. The molecule has 90 valence electrons. The van der Waals surface area contributed by atoms with E-state index < -0.39 is 0 Å². The fourth-order valence-corrected chi connectivity index (χ4v) is 2.32. The van der Waals surface area contributed by atoms with Gasteiger partial charge in [-0.05, 0) is 30.7 Å². The average Bonchev–Trinajstić information content (AvgIpc) is 2.75. The van der Waals surface area contributed by atoms with Gasteiger partial charge in [-0.15, -0.1) is 11.8 Å². The molecule has 0 aliphatic heterocycles.